The summed E-state index contributed by atoms with van der Waals surface area (Å²) in [6.45, 7) is 5.78. The highest BCUT2D eigenvalue weighted by Gasteiger charge is 2.29. The lowest BCUT2D eigenvalue weighted by Crippen LogP contribution is -2.30. The van der Waals surface area contributed by atoms with Crippen molar-refractivity contribution in [2.24, 2.45) is 5.92 Å². The van der Waals surface area contributed by atoms with E-state index < -0.39 is 23.7 Å². The second-order valence-corrected chi connectivity index (χ2v) is 4.40. The van der Waals surface area contributed by atoms with Crippen molar-refractivity contribution in [2.45, 2.75) is 33.4 Å². The summed E-state index contributed by atoms with van der Waals surface area (Å²) >= 11 is 0. The highest BCUT2D eigenvalue weighted by Crippen LogP contribution is 2.17. The van der Waals surface area contributed by atoms with Crippen molar-refractivity contribution < 1.29 is 18.7 Å². The summed E-state index contributed by atoms with van der Waals surface area (Å²) in [6.07, 6.45) is -1.55. The average Bonchev–Trinajstić information content (AvgIpc) is 2.45. The Balaban J connectivity index is 2.79. The second-order valence-electron chi connectivity index (χ2n) is 4.40. The molecule has 1 aromatic carbocycles. The van der Waals surface area contributed by atoms with E-state index in [1.54, 1.807) is 26.0 Å². The minimum Gasteiger partial charge on any atom is -0.494 e. The summed E-state index contributed by atoms with van der Waals surface area (Å²) < 4.78 is 19.1. The monoisotopic (exact) mass is 266 g/mol. The number of carbonyl (C=O) groups is 2. The Labute approximate surface area is 112 Å². The minimum absolute atomic E-state index is 0.188. The van der Waals surface area contributed by atoms with Gasteiger partial charge in [-0.05, 0) is 37.6 Å². The van der Waals surface area contributed by atoms with Crippen molar-refractivity contribution in [2.75, 3.05) is 6.61 Å². The molecule has 0 aliphatic carbocycles. The quantitative estimate of drug-likeness (QED) is 0.562. The van der Waals surface area contributed by atoms with Crippen LogP contribution in [0.4, 0.5) is 4.39 Å². The van der Waals surface area contributed by atoms with Gasteiger partial charge in [-0.15, -0.1) is 0 Å². The van der Waals surface area contributed by atoms with Gasteiger partial charge in [-0.1, -0.05) is 13.8 Å². The molecule has 2 unspecified atom stereocenters. The first-order chi connectivity index (χ1) is 9.01. The van der Waals surface area contributed by atoms with Crippen LogP contribution >= 0.6 is 0 Å². The molecule has 0 N–H and O–H groups in total. The van der Waals surface area contributed by atoms with Gasteiger partial charge in [0, 0.05) is 11.5 Å². The SMILES string of the molecule is CCOc1ccc(C(=O)C(F)C(=O)C(C)CC)cc1. The van der Waals surface area contributed by atoms with Gasteiger partial charge in [0.2, 0.25) is 12.0 Å². The van der Waals surface area contributed by atoms with E-state index in [9.17, 15) is 14.0 Å². The van der Waals surface area contributed by atoms with E-state index in [4.69, 9.17) is 4.74 Å². The lowest BCUT2D eigenvalue weighted by atomic mass is 9.95. The van der Waals surface area contributed by atoms with Crippen molar-refractivity contribution in [3.8, 4) is 5.75 Å². The van der Waals surface area contributed by atoms with E-state index >= 15 is 0 Å². The number of hydrogen-bond donors (Lipinski definition) is 0. The predicted octanol–water partition coefficient (Wildman–Crippen LogP) is 3.22. The van der Waals surface area contributed by atoms with Crippen LogP contribution in [-0.2, 0) is 4.79 Å². The Bertz CT molecular complexity index is 439. The van der Waals surface area contributed by atoms with Gasteiger partial charge in [0.15, 0.2) is 5.78 Å². The zero-order valence-corrected chi connectivity index (χ0v) is 11.5. The van der Waals surface area contributed by atoms with Crippen molar-refractivity contribution in [1.82, 2.24) is 0 Å². The Morgan fingerprint density at radius 1 is 1.21 bits per heavy atom. The molecule has 4 heteroatoms. The maximum atomic E-state index is 13.8. The van der Waals surface area contributed by atoms with Crippen LogP contribution in [0.5, 0.6) is 5.75 Å². The van der Waals surface area contributed by atoms with Crippen molar-refractivity contribution in [3.05, 3.63) is 29.8 Å². The van der Waals surface area contributed by atoms with Gasteiger partial charge in [0.25, 0.3) is 0 Å². The van der Waals surface area contributed by atoms with Crippen molar-refractivity contribution in [3.63, 3.8) is 0 Å². The molecule has 0 saturated heterocycles. The molecule has 0 aliphatic rings. The van der Waals surface area contributed by atoms with Gasteiger partial charge in [-0.25, -0.2) is 4.39 Å². The number of alkyl halides is 1. The van der Waals surface area contributed by atoms with Crippen LogP contribution in [-0.4, -0.2) is 24.3 Å². The second kappa shape index (κ2) is 7.02. The molecular weight excluding hydrogens is 247 g/mol. The molecular formula is C15H19FO3. The molecule has 0 saturated carbocycles. The minimum atomic E-state index is -2.08. The van der Waals surface area contributed by atoms with Gasteiger partial charge in [0.1, 0.15) is 5.75 Å². The molecule has 0 radical (unpaired) electrons. The summed E-state index contributed by atoms with van der Waals surface area (Å²) in [5.74, 6) is -1.26. The van der Waals surface area contributed by atoms with E-state index in [2.05, 4.69) is 0 Å². The zero-order valence-electron chi connectivity index (χ0n) is 11.5. The number of benzene rings is 1. The van der Waals surface area contributed by atoms with E-state index in [-0.39, 0.29) is 5.56 Å². The van der Waals surface area contributed by atoms with Crippen LogP contribution in [0.25, 0.3) is 0 Å². The first kappa shape index (κ1) is 15.3. The van der Waals surface area contributed by atoms with Gasteiger partial charge >= 0.3 is 0 Å². The summed E-state index contributed by atoms with van der Waals surface area (Å²) in [5.41, 5.74) is 0.188. The smallest absolute Gasteiger partial charge is 0.221 e. The highest BCUT2D eigenvalue weighted by atomic mass is 19.1. The molecule has 0 fully saturated rings. The van der Waals surface area contributed by atoms with Crippen LogP contribution in [0.1, 0.15) is 37.6 Å². The molecule has 0 amide bonds. The van der Waals surface area contributed by atoms with E-state index in [1.165, 1.54) is 12.1 Å². The number of carbonyl (C=O) groups excluding carboxylic acids is 2. The largest absolute Gasteiger partial charge is 0.494 e. The van der Waals surface area contributed by atoms with E-state index in [0.29, 0.717) is 18.8 Å². The zero-order chi connectivity index (χ0) is 14.4. The summed E-state index contributed by atoms with van der Waals surface area (Å²) in [4.78, 5) is 23.5. The summed E-state index contributed by atoms with van der Waals surface area (Å²) in [6, 6.07) is 6.14. The third-order valence-corrected chi connectivity index (χ3v) is 3.03. The first-order valence-corrected chi connectivity index (χ1v) is 6.46. The molecule has 0 spiro atoms. The lowest BCUT2D eigenvalue weighted by molar-refractivity contribution is -0.125. The molecule has 2 atom stereocenters. The number of rotatable bonds is 7. The molecule has 0 heterocycles. The summed E-state index contributed by atoms with van der Waals surface area (Å²) in [7, 11) is 0. The Kier molecular flexibility index (Phi) is 5.67. The van der Waals surface area contributed by atoms with Crippen LogP contribution in [0.2, 0.25) is 0 Å². The Morgan fingerprint density at radius 3 is 2.26 bits per heavy atom. The van der Waals surface area contributed by atoms with Crippen molar-refractivity contribution >= 4 is 11.6 Å². The molecule has 1 rings (SSSR count). The predicted molar refractivity (Wildman–Crippen MR) is 71.3 cm³/mol. The standard InChI is InChI=1S/C15H19FO3/c1-4-10(3)14(17)13(16)15(18)11-6-8-12(9-7-11)19-5-2/h6-10,13H,4-5H2,1-3H3. The summed E-state index contributed by atoms with van der Waals surface area (Å²) in [5, 5.41) is 0. The first-order valence-electron chi connectivity index (χ1n) is 6.46. The van der Waals surface area contributed by atoms with Crippen LogP contribution in [0.3, 0.4) is 0 Å². The maximum Gasteiger partial charge on any atom is 0.221 e. The fourth-order valence-electron chi connectivity index (χ4n) is 1.61. The van der Waals surface area contributed by atoms with E-state index in [0.717, 1.165) is 0 Å². The van der Waals surface area contributed by atoms with Crippen LogP contribution in [0.15, 0.2) is 24.3 Å². The molecule has 3 nitrogen and oxygen atoms in total. The third-order valence-electron chi connectivity index (χ3n) is 3.03. The third kappa shape index (κ3) is 3.88. The number of hydrogen-bond acceptors (Lipinski definition) is 3. The fraction of sp³-hybridized carbons (Fsp3) is 0.467. The number of ether oxygens (including phenoxy) is 1. The normalized spacial score (nSPS) is 13.7. The number of halogens is 1. The number of Topliss-reactive ketones (excluding diaryl/α,β-unsaturated/α-hetero) is 2. The van der Waals surface area contributed by atoms with Crippen molar-refractivity contribution in [1.29, 1.82) is 0 Å². The highest BCUT2D eigenvalue weighted by molar-refractivity contribution is 6.13. The molecule has 19 heavy (non-hydrogen) atoms. The van der Waals surface area contributed by atoms with E-state index in [1.807, 2.05) is 6.92 Å². The van der Waals surface area contributed by atoms with Crippen LogP contribution < -0.4 is 4.74 Å². The average molecular weight is 266 g/mol. The van der Waals surface area contributed by atoms with Gasteiger partial charge < -0.3 is 4.74 Å². The van der Waals surface area contributed by atoms with Gasteiger partial charge in [-0.3, -0.25) is 9.59 Å². The Hall–Kier alpha value is -1.71. The number of ketones is 2. The maximum absolute atomic E-state index is 13.8. The van der Waals surface area contributed by atoms with Gasteiger partial charge in [0.05, 0.1) is 6.61 Å². The molecule has 0 bridgehead atoms. The fourth-order valence-corrected chi connectivity index (χ4v) is 1.61. The van der Waals surface area contributed by atoms with Gasteiger partial charge in [-0.2, -0.15) is 0 Å². The molecule has 0 aliphatic heterocycles. The Morgan fingerprint density at radius 2 is 1.79 bits per heavy atom. The molecule has 1 aromatic rings. The molecule has 0 aromatic heterocycles. The lowest BCUT2D eigenvalue weighted by Gasteiger charge is -2.11. The molecule has 104 valence electrons. The van der Waals surface area contributed by atoms with Crippen LogP contribution in [0, 0.1) is 5.92 Å². The topological polar surface area (TPSA) is 43.4 Å².